The van der Waals surface area contributed by atoms with Gasteiger partial charge in [0.05, 0.1) is 0 Å². The van der Waals surface area contributed by atoms with Crippen LogP contribution in [0.1, 0.15) is 19.3 Å². The summed E-state index contributed by atoms with van der Waals surface area (Å²) in [6.07, 6.45) is 2.26. The summed E-state index contributed by atoms with van der Waals surface area (Å²) in [5.41, 5.74) is 0. The molecular formula is C15H28N4O3. The predicted molar refractivity (Wildman–Crippen MR) is 83.5 cm³/mol. The first-order valence-electron chi connectivity index (χ1n) is 8.20. The Balaban J connectivity index is 1.65. The molecule has 2 N–H and O–H groups in total. The average molecular weight is 312 g/mol. The minimum absolute atomic E-state index is 0.111. The molecule has 7 heteroatoms. The number of carbonyl (C=O) groups is 2. The number of nitrogens with zero attached hydrogens (tertiary/aromatic N) is 3. The summed E-state index contributed by atoms with van der Waals surface area (Å²) in [4.78, 5) is 30.0. The summed E-state index contributed by atoms with van der Waals surface area (Å²) < 4.78 is 0. The number of hydrogen-bond donors (Lipinski definition) is 2. The maximum Gasteiger partial charge on any atom is 0.317 e. The molecule has 0 aromatic heterocycles. The Hall–Kier alpha value is -1.34. The first kappa shape index (κ1) is 17.0. The SMILES string of the molecule is CN1CCN(C(=O)CCNC(=O)N2CCCC(CO)C2)CC1. The van der Waals surface area contributed by atoms with Crippen LogP contribution in [0.3, 0.4) is 0 Å². The highest BCUT2D eigenvalue weighted by atomic mass is 16.3. The second-order valence-electron chi connectivity index (χ2n) is 6.30. The summed E-state index contributed by atoms with van der Waals surface area (Å²) in [6, 6.07) is -0.121. The van der Waals surface area contributed by atoms with Crippen molar-refractivity contribution in [3.63, 3.8) is 0 Å². The van der Waals surface area contributed by atoms with Crippen LogP contribution in [0, 0.1) is 5.92 Å². The molecule has 2 aliphatic heterocycles. The van der Waals surface area contributed by atoms with E-state index >= 15 is 0 Å². The fourth-order valence-electron chi connectivity index (χ4n) is 3.00. The van der Waals surface area contributed by atoms with E-state index in [4.69, 9.17) is 0 Å². The number of nitrogens with one attached hydrogen (secondary N) is 1. The molecule has 1 unspecified atom stereocenters. The van der Waals surface area contributed by atoms with Gasteiger partial charge < -0.3 is 25.1 Å². The van der Waals surface area contributed by atoms with Crippen molar-refractivity contribution in [2.75, 3.05) is 59.5 Å². The minimum atomic E-state index is -0.121. The maximum absolute atomic E-state index is 12.1. The standard InChI is InChI=1S/C15H28N4O3/c1-17-7-9-18(10-8-17)14(21)4-5-16-15(22)19-6-2-3-13(11-19)12-20/h13,20H,2-12H2,1H3,(H,16,22). The van der Waals surface area contributed by atoms with E-state index in [-0.39, 0.29) is 24.5 Å². The van der Waals surface area contributed by atoms with Crippen molar-refractivity contribution < 1.29 is 14.7 Å². The Labute approximate surface area is 132 Å². The number of rotatable bonds is 4. The van der Waals surface area contributed by atoms with Gasteiger partial charge in [0.15, 0.2) is 0 Å². The molecule has 2 rings (SSSR count). The van der Waals surface area contributed by atoms with Crippen molar-refractivity contribution in [1.82, 2.24) is 20.0 Å². The van der Waals surface area contributed by atoms with E-state index in [0.717, 1.165) is 45.6 Å². The Kier molecular flexibility index (Phi) is 6.45. The van der Waals surface area contributed by atoms with Gasteiger partial charge in [0.1, 0.15) is 0 Å². The van der Waals surface area contributed by atoms with Crippen molar-refractivity contribution in [1.29, 1.82) is 0 Å². The molecular weight excluding hydrogens is 284 g/mol. The molecule has 2 saturated heterocycles. The molecule has 0 radical (unpaired) electrons. The maximum atomic E-state index is 12.1. The monoisotopic (exact) mass is 312 g/mol. The molecule has 7 nitrogen and oxygen atoms in total. The van der Waals surface area contributed by atoms with E-state index in [0.29, 0.717) is 19.5 Å². The van der Waals surface area contributed by atoms with E-state index in [2.05, 4.69) is 17.3 Å². The number of likely N-dealkylation sites (tertiary alicyclic amines) is 1. The van der Waals surface area contributed by atoms with E-state index < -0.39 is 0 Å². The normalized spacial score (nSPS) is 23.5. The van der Waals surface area contributed by atoms with Crippen molar-refractivity contribution in [3.05, 3.63) is 0 Å². The molecule has 2 fully saturated rings. The number of aliphatic hydroxyl groups excluding tert-OH is 1. The quantitative estimate of drug-likeness (QED) is 0.738. The highest BCUT2D eigenvalue weighted by Gasteiger charge is 2.23. The van der Waals surface area contributed by atoms with Gasteiger partial charge in [-0.3, -0.25) is 4.79 Å². The number of piperidine rings is 1. The molecule has 1 atom stereocenters. The van der Waals surface area contributed by atoms with Crippen molar-refractivity contribution in [3.8, 4) is 0 Å². The van der Waals surface area contributed by atoms with Gasteiger partial charge in [0.25, 0.3) is 0 Å². The van der Waals surface area contributed by atoms with Crippen molar-refractivity contribution >= 4 is 11.9 Å². The number of amides is 3. The lowest BCUT2D eigenvalue weighted by Gasteiger charge is -2.33. The Bertz CT molecular complexity index is 383. The zero-order valence-electron chi connectivity index (χ0n) is 13.5. The third-order valence-corrected chi connectivity index (χ3v) is 4.54. The molecule has 0 aromatic rings. The van der Waals surface area contributed by atoms with Gasteiger partial charge in [-0.15, -0.1) is 0 Å². The first-order chi connectivity index (χ1) is 10.6. The lowest BCUT2D eigenvalue weighted by molar-refractivity contribution is -0.132. The third kappa shape index (κ3) is 4.84. The van der Waals surface area contributed by atoms with E-state index in [1.54, 1.807) is 4.90 Å². The van der Waals surface area contributed by atoms with Gasteiger partial charge >= 0.3 is 6.03 Å². The zero-order chi connectivity index (χ0) is 15.9. The lowest BCUT2D eigenvalue weighted by atomic mass is 9.99. The van der Waals surface area contributed by atoms with E-state index in [1.165, 1.54) is 0 Å². The van der Waals surface area contributed by atoms with Gasteiger partial charge in [0.2, 0.25) is 5.91 Å². The van der Waals surface area contributed by atoms with Crippen LogP contribution in [-0.2, 0) is 4.79 Å². The van der Waals surface area contributed by atoms with E-state index in [1.807, 2.05) is 4.90 Å². The topological polar surface area (TPSA) is 76.1 Å². The Morgan fingerprint density at radius 3 is 2.55 bits per heavy atom. The molecule has 2 heterocycles. The molecule has 22 heavy (non-hydrogen) atoms. The van der Waals surface area contributed by atoms with Gasteiger partial charge in [-0.25, -0.2) is 4.79 Å². The molecule has 126 valence electrons. The summed E-state index contributed by atoms with van der Waals surface area (Å²) in [6.45, 7) is 5.21. The summed E-state index contributed by atoms with van der Waals surface area (Å²) >= 11 is 0. The number of urea groups is 1. The number of aliphatic hydroxyl groups is 1. The van der Waals surface area contributed by atoms with Crippen LogP contribution in [0.15, 0.2) is 0 Å². The van der Waals surface area contributed by atoms with Crippen LogP contribution in [0.2, 0.25) is 0 Å². The number of piperazine rings is 1. The van der Waals surface area contributed by atoms with Crippen LogP contribution in [-0.4, -0.2) is 91.2 Å². The van der Waals surface area contributed by atoms with E-state index in [9.17, 15) is 14.7 Å². The zero-order valence-corrected chi connectivity index (χ0v) is 13.5. The molecule has 0 aromatic carbocycles. The van der Waals surface area contributed by atoms with Crippen LogP contribution in [0.5, 0.6) is 0 Å². The van der Waals surface area contributed by atoms with Crippen LogP contribution in [0.4, 0.5) is 4.79 Å². The molecule has 2 aliphatic rings. The third-order valence-electron chi connectivity index (χ3n) is 4.54. The van der Waals surface area contributed by atoms with Crippen molar-refractivity contribution in [2.45, 2.75) is 19.3 Å². The highest BCUT2D eigenvalue weighted by Crippen LogP contribution is 2.15. The number of carbonyl (C=O) groups excluding carboxylic acids is 2. The second kappa shape index (κ2) is 8.33. The van der Waals surface area contributed by atoms with Crippen LogP contribution in [0.25, 0.3) is 0 Å². The minimum Gasteiger partial charge on any atom is -0.396 e. The van der Waals surface area contributed by atoms with Gasteiger partial charge in [0, 0.05) is 58.8 Å². The van der Waals surface area contributed by atoms with Crippen LogP contribution >= 0.6 is 0 Å². The fraction of sp³-hybridized carbons (Fsp3) is 0.867. The summed E-state index contributed by atoms with van der Waals surface area (Å²) in [5, 5.41) is 12.0. The van der Waals surface area contributed by atoms with Gasteiger partial charge in [-0.1, -0.05) is 0 Å². The Morgan fingerprint density at radius 1 is 1.14 bits per heavy atom. The summed E-state index contributed by atoms with van der Waals surface area (Å²) in [5.74, 6) is 0.298. The molecule has 0 saturated carbocycles. The molecule has 3 amide bonds. The van der Waals surface area contributed by atoms with Gasteiger partial charge in [-0.05, 0) is 25.8 Å². The predicted octanol–water partition coefficient (Wildman–Crippen LogP) is -0.436. The molecule has 0 bridgehead atoms. The Morgan fingerprint density at radius 2 is 1.86 bits per heavy atom. The molecule has 0 spiro atoms. The van der Waals surface area contributed by atoms with Crippen LogP contribution < -0.4 is 5.32 Å². The fourth-order valence-corrected chi connectivity index (χ4v) is 3.00. The highest BCUT2D eigenvalue weighted by molar-refractivity contribution is 5.78. The first-order valence-corrected chi connectivity index (χ1v) is 8.20. The second-order valence-corrected chi connectivity index (χ2v) is 6.30. The average Bonchev–Trinajstić information content (AvgIpc) is 2.55. The smallest absolute Gasteiger partial charge is 0.317 e. The number of likely N-dealkylation sites (N-methyl/N-ethyl adjacent to an activating group) is 1. The lowest BCUT2D eigenvalue weighted by Crippen LogP contribution is -2.49. The largest absolute Gasteiger partial charge is 0.396 e. The molecule has 0 aliphatic carbocycles. The van der Waals surface area contributed by atoms with Gasteiger partial charge in [-0.2, -0.15) is 0 Å². The summed E-state index contributed by atoms with van der Waals surface area (Å²) in [7, 11) is 2.06. The number of hydrogen-bond acceptors (Lipinski definition) is 4. The van der Waals surface area contributed by atoms with Crippen molar-refractivity contribution in [2.24, 2.45) is 5.92 Å².